The van der Waals surface area contributed by atoms with Crippen molar-refractivity contribution in [2.45, 2.75) is 13.5 Å². The number of hydrogen-bond acceptors (Lipinski definition) is 3. The van der Waals surface area contributed by atoms with Gasteiger partial charge in [0, 0.05) is 18.0 Å². The molecule has 106 valence electrons. The Morgan fingerprint density at radius 3 is 2.52 bits per heavy atom. The van der Waals surface area contributed by atoms with Crippen LogP contribution in [0.4, 0.5) is 5.82 Å². The zero-order valence-electron chi connectivity index (χ0n) is 11.6. The van der Waals surface area contributed by atoms with E-state index in [4.69, 9.17) is 5.73 Å². The Morgan fingerprint density at radius 2 is 1.76 bits per heavy atom. The number of hydrogen-bond donors (Lipinski definition) is 1. The molecule has 0 spiro atoms. The third kappa shape index (κ3) is 2.03. The van der Waals surface area contributed by atoms with E-state index < -0.39 is 5.69 Å². The van der Waals surface area contributed by atoms with Crippen LogP contribution in [0.1, 0.15) is 6.92 Å². The second-order valence-corrected chi connectivity index (χ2v) is 4.77. The highest BCUT2D eigenvalue weighted by atomic mass is 16.2. The van der Waals surface area contributed by atoms with Crippen molar-refractivity contribution in [3.63, 3.8) is 0 Å². The summed E-state index contributed by atoms with van der Waals surface area (Å²) in [6, 6.07) is 14.7. The Hall–Kier alpha value is -2.82. The van der Waals surface area contributed by atoms with E-state index in [1.54, 1.807) is 6.92 Å². The summed E-state index contributed by atoms with van der Waals surface area (Å²) in [4.78, 5) is 24.3. The molecule has 0 aliphatic carbocycles. The quantitative estimate of drug-likeness (QED) is 0.778. The van der Waals surface area contributed by atoms with Crippen molar-refractivity contribution in [1.82, 2.24) is 9.13 Å². The summed E-state index contributed by atoms with van der Waals surface area (Å²) in [7, 11) is 0. The molecule has 0 aliphatic rings. The topological polar surface area (TPSA) is 70.0 Å². The molecule has 21 heavy (non-hydrogen) atoms. The van der Waals surface area contributed by atoms with Gasteiger partial charge in [-0.15, -0.1) is 0 Å². The van der Waals surface area contributed by atoms with Crippen molar-refractivity contribution in [3.8, 4) is 5.69 Å². The van der Waals surface area contributed by atoms with Gasteiger partial charge < -0.3 is 5.73 Å². The fourth-order valence-electron chi connectivity index (χ4n) is 2.53. The van der Waals surface area contributed by atoms with E-state index in [9.17, 15) is 9.59 Å². The number of fused-ring (bicyclic) bond motifs is 1. The smallest absolute Gasteiger partial charge is 0.337 e. The summed E-state index contributed by atoms with van der Waals surface area (Å²) >= 11 is 0. The molecule has 1 aromatic heterocycles. The Bertz CT molecular complexity index is 933. The van der Waals surface area contributed by atoms with Gasteiger partial charge in [0.1, 0.15) is 5.82 Å². The lowest BCUT2D eigenvalue weighted by Crippen LogP contribution is -2.39. The highest BCUT2D eigenvalue weighted by molar-refractivity contribution is 5.90. The van der Waals surface area contributed by atoms with Crippen molar-refractivity contribution in [1.29, 1.82) is 0 Å². The van der Waals surface area contributed by atoms with Crippen molar-refractivity contribution in [3.05, 3.63) is 69.4 Å². The third-order valence-corrected chi connectivity index (χ3v) is 3.54. The molecule has 0 atom stereocenters. The summed E-state index contributed by atoms with van der Waals surface area (Å²) in [5, 5.41) is 1.92. The average molecular weight is 281 g/mol. The minimum Gasteiger partial charge on any atom is -0.385 e. The molecule has 5 heteroatoms. The second kappa shape index (κ2) is 4.94. The molecule has 1 heterocycles. The SMILES string of the molecule is CCn1c(=O)cc(N)n(-c2cccc3ccccc23)c1=O. The van der Waals surface area contributed by atoms with Crippen LogP contribution in [0.25, 0.3) is 16.5 Å². The van der Waals surface area contributed by atoms with Crippen LogP contribution < -0.4 is 17.0 Å². The third-order valence-electron chi connectivity index (χ3n) is 3.54. The predicted octanol–water partition coefficient (Wildman–Crippen LogP) is 1.75. The molecule has 0 saturated carbocycles. The largest absolute Gasteiger partial charge is 0.385 e. The lowest BCUT2D eigenvalue weighted by molar-refractivity contribution is 0.651. The number of benzene rings is 2. The molecule has 0 bridgehead atoms. The van der Waals surface area contributed by atoms with Gasteiger partial charge in [-0.1, -0.05) is 36.4 Å². The molecule has 0 amide bonds. The molecule has 0 unspecified atom stereocenters. The zero-order chi connectivity index (χ0) is 15.0. The Morgan fingerprint density at radius 1 is 1.05 bits per heavy atom. The lowest BCUT2D eigenvalue weighted by atomic mass is 10.1. The maximum Gasteiger partial charge on any atom is 0.337 e. The van der Waals surface area contributed by atoms with Gasteiger partial charge in [0.25, 0.3) is 5.56 Å². The average Bonchev–Trinajstić information content (AvgIpc) is 2.47. The lowest BCUT2D eigenvalue weighted by Gasteiger charge is -2.14. The summed E-state index contributed by atoms with van der Waals surface area (Å²) in [5.74, 6) is 0.144. The Labute approximate surface area is 120 Å². The van der Waals surface area contributed by atoms with E-state index in [2.05, 4.69) is 0 Å². The summed E-state index contributed by atoms with van der Waals surface area (Å²) in [6.45, 7) is 2.06. The van der Waals surface area contributed by atoms with Crippen molar-refractivity contribution >= 4 is 16.6 Å². The molecule has 3 aromatic rings. The number of aromatic nitrogens is 2. The van der Waals surface area contributed by atoms with Gasteiger partial charge in [0.15, 0.2) is 0 Å². The van der Waals surface area contributed by atoms with Gasteiger partial charge in [-0.25, -0.2) is 9.36 Å². The fraction of sp³-hybridized carbons (Fsp3) is 0.125. The van der Waals surface area contributed by atoms with Crippen LogP contribution in [0.3, 0.4) is 0 Å². The van der Waals surface area contributed by atoms with Crippen LogP contribution in [0.15, 0.2) is 58.1 Å². The fourth-order valence-corrected chi connectivity index (χ4v) is 2.53. The van der Waals surface area contributed by atoms with Crippen molar-refractivity contribution < 1.29 is 0 Å². The van der Waals surface area contributed by atoms with E-state index in [1.807, 2.05) is 42.5 Å². The molecule has 0 fully saturated rings. The van der Waals surface area contributed by atoms with Crippen LogP contribution in [0.2, 0.25) is 0 Å². The molecular weight excluding hydrogens is 266 g/mol. The maximum absolute atomic E-state index is 12.5. The molecular formula is C16H15N3O2. The Balaban J connectivity index is 2.44. The van der Waals surface area contributed by atoms with Gasteiger partial charge in [0.2, 0.25) is 0 Å². The van der Waals surface area contributed by atoms with Crippen LogP contribution in [0, 0.1) is 0 Å². The Kier molecular flexibility index (Phi) is 3.10. The minimum atomic E-state index is -0.418. The van der Waals surface area contributed by atoms with E-state index in [-0.39, 0.29) is 11.4 Å². The molecule has 0 saturated heterocycles. The van der Waals surface area contributed by atoms with E-state index in [0.717, 1.165) is 15.3 Å². The minimum absolute atomic E-state index is 0.144. The molecule has 3 rings (SSSR count). The summed E-state index contributed by atoms with van der Waals surface area (Å²) in [5.41, 5.74) is 5.80. The number of anilines is 1. The number of rotatable bonds is 2. The highest BCUT2D eigenvalue weighted by Gasteiger charge is 2.12. The first kappa shape index (κ1) is 13.2. The highest BCUT2D eigenvalue weighted by Crippen LogP contribution is 2.22. The summed E-state index contributed by atoms with van der Waals surface area (Å²) < 4.78 is 2.55. The number of nitrogens with zero attached hydrogens (tertiary/aromatic N) is 2. The van der Waals surface area contributed by atoms with Crippen LogP contribution in [-0.2, 0) is 6.54 Å². The van der Waals surface area contributed by atoms with Gasteiger partial charge in [-0.2, -0.15) is 0 Å². The van der Waals surface area contributed by atoms with Crippen LogP contribution in [-0.4, -0.2) is 9.13 Å². The molecule has 2 aromatic carbocycles. The first-order valence-corrected chi connectivity index (χ1v) is 6.74. The first-order chi connectivity index (χ1) is 10.1. The van der Waals surface area contributed by atoms with Crippen LogP contribution in [0.5, 0.6) is 0 Å². The second-order valence-electron chi connectivity index (χ2n) is 4.77. The molecule has 5 nitrogen and oxygen atoms in total. The number of nitrogen functional groups attached to an aromatic ring is 1. The zero-order valence-corrected chi connectivity index (χ0v) is 11.6. The molecule has 0 radical (unpaired) electrons. The summed E-state index contributed by atoms with van der Waals surface area (Å²) in [6.07, 6.45) is 0. The van der Waals surface area contributed by atoms with Gasteiger partial charge >= 0.3 is 5.69 Å². The van der Waals surface area contributed by atoms with Crippen molar-refractivity contribution in [2.75, 3.05) is 5.73 Å². The monoisotopic (exact) mass is 281 g/mol. The van der Waals surface area contributed by atoms with E-state index in [1.165, 1.54) is 10.6 Å². The van der Waals surface area contributed by atoms with Gasteiger partial charge in [0.05, 0.1) is 5.69 Å². The first-order valence-electron chi connectivity index (χ1n) is 6.74. The standard InChI is InChI=1S/C16H15N3O2/c1-2-18-15(20)10-14(17)19(16(18)21)13-9-5-7-11-6-3-4-8-12(11)13/h3-10H,2,17H2,1H3. The molecule has 0 aliphatic heterocycles. The predicted molar refractivity (Wildman–Crippen MR) is 83.9 cm³/mol. The maximum atomic E-state index is 12.5. The van der Waals surface area contributed by atoms with Crippen molar-refractivity contribution in [2.24, 2.45) is 0 Å². The van der Waals surface area contributed by atoms with E-state index in [0.29, 0.717) is 12.2 Å². The number of nitrogens with two attached hydrogens (primary N) is 1. The molecule has 2 N–H and O–H groups in total. The van der Waals surface area contributed by atoms with E-state index >= 15 is 0 Å². The normalized spacial score (nSPS) is 10.9. The van der Waals surface area contributed by atoms with Gasteiger partial charge in [-0.05, 0) is 18.4 Å². The van der Waals surface area contributed by atoms with Crippen LogP contribution >= 0.6 is 0 Å². The van der Waals surface area contributed by atoms with Gasteiger partial charge in [-0.3, -0.25) is 9.36 Å².